The zero-order chi connectivity index (χ0) is 12.3. The van der Waals surface area contributed by atoms with Gasteiger partial charge in [-0.15, -0.1) is 0 Å². The number of hydrogen-bond acceptors (Lipinski definition) is 4. The molecule has 1 heterocycles. The van der Waals surface area contributed by atoms with E-state index in [4.69, 9.17) is 9.47 Å². The largest absolute Gasteiger partial charge is 0.457 e. The van der Waals surface area contributed by atoms with Crippen molar-refractivity contribution >= 4 is 11.9 Å². The van der Waals surface area contributed by atoms with Crippen molar-refractivity contribution in [1.29, 1.82) is 0 Å². The molecule has 1 aliphatic rings. The molecular formula is C12H18O4. The van der Waals surface area contributed by atoms with E-state index in [9.17, 15) is 9.59 Å². The van der Waals surface area contributed by atoms with Gasteiger partial charge in [0.25, 0.3) is 0 Å². The Morgan fingerprint density at radius 2 is 2.12 bits per heavy atom. The third-order valence-corrected chi connectivity index (χ3v) is 2.17. The number of cyclic esters (lactones) is 1. The zero-order valence-corrected chi connectivity index (χ0v) is 10.0. The van der Waals surface area contributed by atoms with Gasteiger partial charge in [0.05, 0.1) is 5.57 Å². The normalized spacial score (nSPS) is 21.2. The highest BCUT2D eigenvalue weighted by molar-refractivity contribution is 5.89. The van der Waals surface area contributed by atoms with E-state index < -0.39 is 17.7 Å². The second-order valence-corrected chi connectivity index (χ2v) is 4.90. The first-order valence-corrected chi connectivity index (χ1v) is 5.41. The van der Waals surface area contributed by atoms with E-state index in [2.05, 4.69) is 6.58 Å². The molecule has 1 atom stereocenters. The number of hydrogen-bond donors (Lipinski definition) is 0. The Kier molecular flexibility index (Phi) is 3.73. The van der Waals surface area contributed by atoms with Gasteiger partial charge >= 0.3 is 11.9 Å². The Labute approximate surface area is 95.6 Å². The fourth-order valence-electron chi connectivity index (χ4n) is 1.43. The highest BCUT2D eigenvalue weighted by Gasteiger charge is 2.29. The average Bonchev–Trinajstić information content (AvgIpc) is 2.14. The van der Waals surface area contributed by atoms with E-state index in [1.165, 1.54) is 0 Å². The highest BCUT2D eigenvalue weighted by Crippen LogP contribution is 2.22. The van der Waals surface area contributed by atoms with E-state index in [1.807, 2.05) is 0 Å². The minimum absolute atomic E-state index is 0.225. The summed E-state index contributed by atoms with van der Waals surface area (Å²) in [6.07, 6.45) is 1.27. The molecule has 0 spiro atoms. The number of esters is 2. The average molecular weight is 226 g/mol. The highest BCUT2D eigenvalue weighted by atomic mass is 16.6. The van der Waals surface area contributed by atoms with Gasteiger partial charge in [0.15, 0.2) is 0 Å². The summed E-state index contributed by atoms with van der Waals surface area (Å²) in [7, 11) is 0. The van der Waals surface area contributed by atoms with E-state index in [0.29, 0.717) is 12.8 Å². The number of rotatable bonds is 2. The first-order valence-electron chi connectivity index (χ1n) is 5.41. The molecule has 0 aromatic carbocycles. The Morgan fingerprint density at radius 1 is 1.50 bits per heavy atom. The summed E-state index contributed by atoms with van der Waals surface area (Å²) in [6.45, 7) is 8.99. The van der Waals surface area contributed by atoms with Crippen LogP contribution in [-0.4, -0.2) is 23.6 Å². The molecule has 1 fully saturated rings. The molecule has 4 heteroatoms. The van der Waals surface area contributed by atoms with E-state index in [-0.39, 0.29) is 11.5 Å². The number of ether oxygens (including phenoxy) is 2. The molecule has 0 N–H and O–H groups in total. The molecule has 0 bridgehead atoms. The zero-order valence-electron chi connectivity index (χ0n) is 10.0. The van der Waals surface area contributed by atoms with Crippen LogP contribution in [0.25, 0.3) is 0 Å². The lowest BCUT2D eigenvalue weighted by Crippen LogP contribution is -2.32. The summed E-state index contributed by atoms with van der Waals surface area (Å²) < 4.78 is 10.2. The Morgan fingerprint density at radius 3 is 2.62 bits per heavy atom. The summed E-state index contributed by atoms with van der Waals surface area (Å²) >= 11 is 0. The van der Waals surface area contributed by atoms with Crippen LogP contribution in [0.5, 0.6) is 0 Å². The van der Waals surface area contributed by atoms with Crippen molar-refractivity contribution in [3.63, 3.8) is 0 Å². The van der Waals surface area contributed by atoms with E-state index in [1.54, 1.807) is 20.8 Å². The van der Waals surface area contributed by atoms with Gasteiger partial charge in [-0.05, 0) is 33.6 Å². The van der Waals surface area contributed by atoms with Crippen LogP contribution in [0, 0.1) is 0 Å². The lowest BCUT2D eigenvalue weighted by Gasteiger charge is -2.26. The first kappa shape index (κ1) is 12.7. The summed E-state index contributed by atoms with van der Waals surface area (Å²) in [5, 5.41) is 0. The van der Waals surface area contributed by atoms with Gasteiger partial charge in [-0.3, -0.25) is 4.79 Å². The van der Waals surface area contributed by atoms with Crippen molar-refractivity contribution in [2.75, 3.05) is 0 Å². The van der Waals surface area contributed by atoms with Gasteiger partial charge in [0.1, 0.15) is 11.7 Å². The van der Waals surface area contributed by atoms with Crippen molar-refractivity contribution in [3.8, 4) is 0 Å². The Bertz CT molecular complexity index is 311. The van der Waals surface area contributed by atoms with Crippen LogP contribution < -0.4 is 0 Å². The molecule has 0 saturated carbocycles. The second kappa shape index (κ2) is 4.68. The van der Waals surface area contributed by atoms with Gasteiger partial charge in [0, 0.05) is 6.42 Å². The minimum Gasteiger partial charge on any atom is -0.457 e. The number of carbonyl (C=O) groups excluding carboxylic acids is 2. The van der Waals surface area contributed by atoms with Gasteiger partial charge in [0.2, 0.25) is 0 Å². The van der Waals surface area contributed by atoms with Crippen LogP contribution in [-0.2, 0) is 19.1 Å². The Balaban J connectivity index is 2.56. The van der Waals surface area contributed by atoms with Gasteiger partial charge in [-0.25, -0.2) is 4.79 Å². The van der Waals surface area contributed by atoms with Crippen LogP contribution in [0.2, 0.25) is 0 Å². The molecular weight excluding hydrogens is 208 g/mol. The van der Waals surface area contributed by atoms with Crippen molar-refractivity contribution in [3.05, 3.63) is 12.2 Å². The molecule has 1 unspecified atom stereocenters. The summed E-state index contributed by atoms with van der Waals surface area (Å²) in [5.41, 5.74) is -0.332. The van der Waals surface area contributed by atoms with Gasteiger partial charge in [-0.2, -0.15) is 0 Å². The molecule has 0 aliphatic carbocycles. The molecule has 0 amide bonds. The van der Waals surface area contributed by atoms with Crippen molar-refractivity contribution in [1.82, 2.24) is 0 Å². The van der Waals surface area contributed by atoms with E-state index in [0.717, 1.165) is 6.42 Å². The minimum atomic E-state index is -0.557. The van der Waals surface area contributed by atoms with Crippen LogP contribution in [0.4, 0.5) is 0 Å². The fourth-order valence-corrected chi connectivity index (χ4v) is 1.43. The smallest absolute Gasteiger partial charge is 0.337 e. The van der Waals surface area contributed by atoms with Crippen molar-refractivity contribution < 1.29 is 19.1 Å². The van der Waals surface area contributed by atoms with Crippen LogP contribution >= 0.6 is 0 Å². The third kappa shape index (κ3) is 3.68. The summed E-state index contributed by atoms with van der Waals surface area (Å²) in [4.78, 5) is 22.7. The maximum atomic E-state index is 11.7. The molecule has 4 nitrogen and oxygen atoms in total. The molecule has 0 aromatic rings. The molecule has 0 aromatic heterocycles. The molecule has 0 radical (unpaired) electrons. The fraction of sp³-hybridized carbons (Fsp3) is 0.667. The van der Waals surface area contributed by atoms with Crippen LogP contribution in [0.1, 0.15) is 40.0 Å². The molecule has 1 saturated heterocycles. The quantitative estimate of drug-likeness (QED) is 0.533. The maximum Gasteiger partial charge on any atom is 0.337 e. The van der Waals surface area contributed by atoms with Gasteiger partial charge in [-0.1, -0.05) is 6.58 Å². The number of carbonyl (C=O) groups is 2. The molecule has 16 heavy (non-hydrogen) atoms. The molecule has 90 valence electrons. The summed E-state index contributed by atoms with van der Waals surface area (Å²) in [6, 6.07) is 0. The van der Waals surface area contributed by atoms with Crippen LogP contribution in [0.15, 0.2) is 12.2 Å². The summed E-state index contributed by atoms with van der Waals surface area (Å²) in [5.74, 6) is -0.770. The van der Waals surface area contributed by atoms with Crippen molar-refractivity contribution in [2.24, 2.45) is 0 Å². The molecule has 1 rings (SSSR count). The lowest BCUT2D eigenvalue weighted by molar-refractivity contribution is -0.156. The third-order valence-electron chi connectivity index (χ3n) is 2.17. The Hall–Kier alpha value is -1.32. The second-order valence-electron chi connectivity index (χ2n) is 4.90. The van der Waals surface area contributed by atoms with E-state index >= 15 is 0 Å². The van der Waals surface area contributed by atoms with Gasteiger partial charge < -0.3 is 9.47 Å². The lowest BCUT2D eigenvalue weighted by atomic mass is 10.0. The van der Waals surface area contributed by atoms with Crippen molar-refractivity contribution in [2.45, 2.75) is 51.7 Å². The predicted molar refractivity (Wildman–Crippen MR) is 58.7 cm³/mol. The maximum absolute atomic E-state index is 11.7. The first-order chi connectivity index (χ1) is 7.29. The topological polar surface area (TPSA) is 52.6 Å². The SMILES string of the molecule is C=C(C(=O)OC(C)(C)C)C1CCCC(=O)O1. The van der Waals surface area contributed by atoms with Crippen LogP contribution in [0.3, 0.4) is 0 Å². The predicted octanol–water partition coefficient (Wildman–Crippen LogP) is 1.98. The monoisotopic (exact) mass is 226 g/mol. The standard InChI is InChI=1S/C12H18O4/c1-8(11(14)16-12(2,3)4)9-6-5-7-10(13)15-9/h9H,1,5-7H2,2-4H3. The molecule has 1 aliphatic heterocycles.